The van der Waals surface area contributed by atoms with Gasteiger partial charge in [-0.15, -0.1) is 0 Å². The maximum Gasteiger partial charge on any atom is 0.244 e. The van der Waals surface area contributed by atoms with Crippen LogP contribution < -0.4 is 19.7 Å². The van der Waals surface area contributed by atoms with E-state index in [4.69, 9.17) is 25.6 Å². The van der Waals surface area contributed by atoms with E-state index in [9.17, 15) is 9.59 Å². The molecule has 2 amide bonds. The monoisotopic (exact) mass is 367 g/mol. The number of aryl methyl sites for hydroxylation is 1. The molecule has 9 heteroatoms. The van der Waals surface area contributed by atoms with Crippen molar-refractivity contribution in [2.75, 3.05) is 31.0 Å². The number of hydrogen-bond acceptors (Lipinski definition) is 6. The number of ether oxygens (including phenoxy) is 2. The second-order valence-electron chi connectivity index (χ2n) is 5.14. The van der Waals surface area contributed by atoms with Crippen molar-refractivity contribution in [3.63, 3.8) is 0 Å². The first kappa shape index (κ1) is 18.6. The number of rotatable bonds is 6. The van der Waals surface area contributed by atoms with Crippen LogP contribution in [-0.2, 0) is 9.59 Å². The second kappa shape index (κ2) is 7.89. The highest BCUT2D eigenvalue weighted by molar-refractivity contribution is 6.32. The minimum Gasteiger partial charge on any atom is -0.495 e. The first-order valence-corrected chi connectivity index (χ1v) is 7.66. The topological polar surface area (TPSA) is 93.9 Å². The van der Waals surface area contributed by atoms with Crippen LogP contribution in [0.1, 0.15) is 12.7 Å². The molecule has 25 heavy (non-hydrogen) atoms. The molecule has 2 rings (SSSR count). The van der Waals surface area contributed by atoms with Gasteiger partial charge in [-0.1, -0.05) is 16.8 Å². The Morgan fingerprint density at radius 3 is 2.44 bits per heavy atom. The predicted octanol–water partition coefficient (Wildman–Crippen LogP) is 2.65. The summed E-state index contributed by atoms with van der Waals surface area (Å²) in [7, 11) is 2.91. The molecule has 0 aliphatic rings. The molecule has 2 aromatic rings. The van der Waals surface area contributed by atoms with Gasteiger partial charge in [0.25, 0.3) is 0 Å². The summed E-state index contributed by atoms with van der Waals surface area (Å²) in [6, 6.07) is 4.64. The Morgan fingerprint density at radius 1 is 1.24 bits per heavy atom. The van der Waals surface area contributed by atoms with Crippen molar-refractivity contribution in [1.82, 2.24) is 5.16 Å². The van der Waals surface area contributed by atoms with Crippen molar-refractivity contribution in [3.8, 4) is 11.5 Å². The van der Waals surface area contributed by atoms with Gasteiger partial charge in [-0.3, -0.25) is 14.5 Å². The third kappa shape index (κ3) is 4.42. The SMILES string of the molecule is COc1cc(NC(=O)CN(C(C)=O)c2cc(C)on2)c(OC)cc1Cl. The highest BCUT2D eigenvalue weighted by Crippen LogP contribution is 2.35. The van der Waals surface area contributed by atoms with Crippen LogP contribution in [0.5, 0.6) is 11.5 Å². The van der Waals surface area contributed by atoms with E-state index in [1.54, 1.807) is 13.0 Å². The lowest BCUT2D eigenvalue weighted by Crippen LogP contribution is -2.37. The smallest absolute Gasteiger partial charge is 0.244 e. The average Bonchev–Trinajstić information content (AvgIpc) is 2.99. The molecule has 0 saturated heterocycles. The number of anilines is 2. The molecule has 0 aliphatic heterocycles. The number of amides is 2. The maximum absolute atomic E-state index is 12.4. The van der Waals surface area contributed by atoms with Crippen molar-refractivity contribution in [2.24, 2.45) is 0 Å². The van der Waals surface area contributed by atoms with Gasteiger partial charge in [-0.25, -0.2) is 0 Å². The van der Waals surface area contributed by atoms with Gasteiger partial charge in [0.05, 0.1) is 24.9 Å². The number of nitrogens with one attached hydrogen (secondary N) is 1. The van der Waals surface area contributed by atoms with E-state index in [1.807, 2.05) is 0 Å². The lowest BCUT2D eigenvalue weighted by Gasteiger charge is -2.18. The standard InChI is InChI=1S/C16H18ClN3O5/c1-9-5-15(19-25-9)20(10(2)21)8-16(22)18-12-7-13(23-3)11(17)6-14(12)24-4/h5-7H,8H2,1-4H3,(H,18,22). The largest absolute Gasteiger partial charge is 0.495 e. The zero-order valence-corrected chi connectivity index (χ0v) is 15.0. The van der Waals surface area contributed by atoms with Crippen LogP contribution in [0.4, 0.5) is 11.5 Å². The van der Waals surface area contributed by atoms with Crippen LogP contribution in [0.25, 0.3) is 0 Å². The average molecular weight is 368 g/mol. The maximum atomic E-state index is 12.4. The van der Waals surface area contributed by atoms with Gasteiger partial charge in [-0.05, 0) is 6.92 Å². The molecule has 0 bridgehead atoms. The van der Waals surface area contributed by atoms with Crippen LogP contribution in [0, 0.1) is 6.92 Å². The Hall–Kier alpha value is -2.74. The van der Waals surface area contributed by atoms with E-state index in [2.05, 4.69) is 10.5 Å². The van der Waals surface area contributed by atoms with Crippen LogP contribution in [0.3, 0.4) is 0 Å². The number of halogens is 1. The lowest BCUT2D eigenvalue weighted by molar-refractivity contribution is -0.120. The molecule has 0 fully saturated rings. The van der Waals surface area contributed by atoms with Crippen LogP contribution in [-0.4, -0.2) is 37.7 Å². The minimum atomic E-state index is -0.446. The highest BCUT2D eigenvalue weighted by Gasteiger charge is 2.20. The van der Waals surface area contributed by atoms with Gasteiger partial charge in [-0.2, -0.15) is 0 Å². The predicted molar refractivity (Wildman–Crippen MR) is 92.5 cm³/mol. The molecule has 0 unspecified atom stereocenters. The minimum absolute atomic E-state index is 0.241. The first-order valence-electron chi connectivity index (χ1n) is 7.28. The molecule has 1 heterocycles. The van der Waals surface area contributed by atoms with E-state index in [-0.39, 0.29) is 18.3 Å². The van der Waals surface area contributed by atoms with Crippen molar-refractivity contribution >= 4 is 34.9 Å². The van der Waals surface area contributed by atoms with E-state index in [0.717, 1.165) is 0 Å². The Balaban J connectivity index is 2.19. The number of benzene rings is 1. The summed E-state index contributed by atoms with van der Waals surface area (Å²) in [5.74, 6) is 0.758. The molecule has 1 N–H and O–H groups in total. The second-order valence-corrected chi connectivity index (χ2v) is 5.54. The summed E-state index contributed by atoms with van der Waals surface area (Å²) in [6.45, 7) is 2.79. The molecule has 134 valence electrons. The van der Waals surface area contributed by atoms with Crippen LogP contribution in [0.15, 0.2) is 22.7 Å². The number of nitrogens with zero attached hydrogens (tertiary/aromatic N) is 2. The van der Waals surface area contributed by atoms with Crippen molar-refractivity contribution < 1.29 is 23.6 Å². The van der Waals surface area contributed by atoms with E-state index in [0.29, 0.717) is 28.0 Å². The molecule has 0 aliphatic carbocycles. The Kier molecular flexibility index (Phi) is 5.87. The summed E-state index contributed by atoms with van der Waals surface area (Å²) in [6.07, 6.45) is 0. The number of hydrogen-bond donors (Lipinski definition) is 1. The summed E-state index contributed by atoms with van der Waals surface area (Å²) in [5, 5.41) is 6.78. The highest BCUT2D eigenvalue weighted by atomic mass is 35.5. The van der Waals surface area contributed by atoms with Gasteiger partial charge in [0.1, 0.15) is 23.8 Å². The van der Waals surface area contributed by atoms with Gasteiger partial charge >= 0.3 is 0 Å². The fourth-order valence-electron chi connectivity index (χ4n) is 2.13. The van der Waals surface area contributed by atoms with E-state index < -0.39 is 5.91 Å². The molecule has 0 saturated carbocycles. The Labute approximate surface area is 149 Å². The molecule has 1 aromatic heterocycles. The molecule has 0 atom stereocenters. The molecular weight excluding hydrogens is 350 g/mol. The summed E-state index contributed by atoms with van der Waals surface area (Å²) >= 11 is 6.04. The van der Waals surface area contributed by atoms with Gasteiger partial charge in [0.2, 0.25) is 11.8 Å². The van der Waals surface area contributed by atoms with Gasteiger partial charge < -0.3 is 19.3 Å². The molecule has 0 radical (unpaired) electrons. The fraction of sp³-hybridized carbons (Fsp3) is 0.312. The molecule has 0 spiro atoms. The summed E-state index contributed by atoms with van der Waals surface area (Å²) in [5.41, 5.74) is 0.369. The van der Waals surface area contributed by atoms with E-state index >= 15 is 0 Å². The Bertz CT molecular complexity index is 790. The van der Waals surface area contributed by atoms with Crippen molar-refractivity contribution in [3.05, 3.63) is 29.0 Å². The molecular formula is C16H18ClN3O5. The Morgan fingerprint density at radius 2 is 1.92 bits per heavy atom. The zero-order chi connectivity index (χ0) is 18.6. The first-order chi connectivity index (χ1) is 11.8. The van der Waals surface area contributed by atoms with Crippen molar-refractivity contribution in [1.29, 1.82) is 0 Å². The van der Waals surface area contributed by atoms with Gasteiger partial charge in [0, 0.05) is 25.1 Å². The summed E-state index contributed by atoms with van der Waals surface area (Å²) < 4.78 is 15.3. The van der Waals surface area contributed by atoms with Crippen LogP contribution >= 0.6 is 11.6 Å². The molecule has 1 aromatic carbocycles. The summed E-state index contributed by atoms with van der Waals surface area (Å²) in [4.78, 5) is 25.4. The third-order valence-electron chi connectivity index (χ3n) is 3.32. The van der Waals surface area contributed by atoms with Gasteiger partial charge in [0.15, 0.2) is 5.82 Å². The number of carbonyl (C=O) groups excluding carboxylic acids is 2. The fourth-order valence-corrected chi connectivity index (χ4v) is 2.36. The number of methoxy groups -OCH3 is 2. The number of aromatic nitrogens is 1. The lowest BCUT2D eigenvalue weighted by atomic mass is 10.2. The molecule has 8 nitrogen and oxygen atoms in total. The zero-order valence-electron chi connectivity index (χ0n) is 14.3. The third-order valence-corrected chi connectivity index (χ3v) is 3.62. The number of carbonyl (C=O) groups is 2. The normalized spacial score (nSPS) is 10.3. The van der Waals surface area contributed by atoms with Crippen LogP contribution in [0.2, 0.25) is 5.02 Å². The van der Waals surface area contributed by atoms with Crippen molar-refractivity contribution in [2.45, 2.75) is 13.8 Å². The van der Waals surface area contributed by atoms with E-state index in [1.165, 1.54) is 38.2 Å². The quantitative estimate of drug-likeness (QED) is 0.843.